The van der Waals surface area contributed by atoms with E-state index < -0.39 is 0 Å². The molecule has 0 spiro atoms. The Morgan fingerprint density at radius 2 is 1.69 bits per heavy atom. The van der Waals surface area contributed by atoms with E-state index in [4.69, 9.17) is 18.0 Å². The molecule has 0 unspecified atom stereocenters. The molecule has 0 aliphatic heterocycles. The fourth-order valence-electron chi connectivity index (χ4n) is 1.44. The third kappa shape index (κ3) is 1.40. The molecule has 0 amide bonds. The zero-order valence-electron chi connectivity index (χ0n) is 7.03. The van der Waals surface area contributed by atoms with Gasteiger partial charge in [-0.25, -0.2) is 0 Å². The highest BCUT2D eigenvalue weighted by molar-refractivity contribution is 7.80. The second-order valence-electron chi connectivity index (χ2n) is 2.89. The van der Waals surface area contributed by atoms with Crippen LogP contribution in [0.4, 0.5) is 0 Å². The van der Waals surface area contributed by atoms with E-state index in [9.17, 15) is 0 Å². The van der Waals surface area contributed by atoms with Crippen molar-refractivity contribution in [3.8, 4) is 0 Å². The van der Waals surface area contributed by atoms with E-state index in [1.165, 1.54) is 5.39 Å². The smallest absolute Gasteiger partial charge is 0.104 e. The summed E-state index contributed by atoms with van der Waals surface area (Å²) in [4.78, 5) is 0.455. The van der Waals surface area contributed by atoms with Crippen LogP contribution in [0.5, 0.6) is 0 Å². The summed E-state index contributed by atoms with van der Waals surface area (Å²) in [5.74, 6) is 0. The fourth-order valence-corrected chi connectivity index (χ4v) is 1.62. The molecule has 0 aliphatic carbocycles. The number of fused-ring (bicyclic) bond motifs is 1. The highest BCUT2D eigenvalue weighted by atomic mass is 32.1. The average molecular weight is 187 g/mol. The predicted molar refractivity (Wildman–Crippen MR) is 59.8 cm³/mol. The molecule has 2 aromatic rings. The van der Waals surface area contributed by atoms with E-state index in [0.29, 0.717) is 4.99 Å². The molecule has 0 bridgehead atoms. The molecule has 0 radical (unpaired) electrons. The Labute approximate surface area is 82.2 Å². The first-order chi connectivity index (χ1) is 6.29. The van der Waals surface area contributed by atoms with Gasteiger partial charge in [-0.3, -0.25) is 0 Å². The second kappa shape index (κ2) is 3.15. The molecule has 0 heterocycles. The van der Waals surface area contributed by atoms with Gasteiger partial charge in [0.15, 0.2) is 0 Å². The van der Waals surface area contributed by atoms with Gasteiger partial charge in [0.2, 0.25) is 0 Å². The van der Waals surface area contributed by atoms with Crippen molar-refractivity contribution in [3.63, 3.8) is 0 Å². The maximum Gasteiger partial charge on any atom is 0.104 e. The van der Waals surface area contributed by atoms with Crippen LogP contribution in [-0.2, 0) is 0 Å². The Balaban J connectivity index is 2.83. The number of nitrogens with two attached hydrogens (primary N) is 1. The minimum Gasteiger partial charge on any atom is -0.389 e. The lowest BCUT2D eigenvalue weighted by Gasteiger charge is -2.03. The standard InChI is InChI=1S/C11H9NS/c12-11(13)10-7-3-5-8-4-1-2-6-9(8)10/h1-7H,(H2,12,13). The number of benzene rings is 2. The highest BCUT2D eigenvalue weighted by Gasteiger charge is 2.00. The molecule has 0 fully saturated rings. The second-order valence-corrected chi connectivity index (χ2v) is 3.33. The van der Waals surface area contributed by atoms with Gasteiger partial charge in [-0.1, -0.05) is 54.7 Å². The molecule has 0 aromatic heterocycles. The SMILES string of the molecule is NC(=S)c1cccc2ccccc12. The number of thiocarbonyl (C=S) groups is 1. The van der Waals surface area contributed by atoms with Crippen LogP contribution in [0.2, 0.25) is 0 Å². The minimum absolute atomic E-state index is 0.455. The minimum atomic E-state index is 0.455. The van der Waals surface area contributed by atoms with Crippen LogP contribution >= 0.6 is 12.2 Å². The zero-order valence-corrected chi connectivity index (χ0v) is 7.84. The summed E-state index contributed by atoms with van der Waals surface area (Å²) in [5, 5.41) is 2.30. The van der Waals surface area contributed by atoms with Crippen molar-refractivity contribution in [3.05, 3.63) is 48.0 Å². The summed E-state index contributed by atoms with van der Waals surface area (Å²) in [6.07, 6.45) is 0. The lowest BCUT2D eigenvalue weighted by Crippen LogP contribution is -2.09. The Morgan fingerprint density at radius 3 is 2.46 bits per heavy atom. The summed E-state index contributed by atoms with van der Waals surface area (Å²) < 4.78 is 0. The third-order valence-corrected chi connectivity index (χ3v) is 2.28. The molecule has 0 saturated heterocycles. The van der Waals surface area contributed by atoms with Gasteiger partial charge in [-0.2, -0.15) is 0 Å². The molecule has 2 aromatic carbocycles. The lowest BCUT2D eigenvalue weighted by atomic mass is 10.1. The molecule has 0 saturated carbocycles. The normalized spacial score (nSPS) is 10.2. The average Bonchev–Trinajstić information content (AvgIpc) is 2.17. The topological polar surface area (TPSA) is 26.0 Å². The van der Waals surface area contributed by atoms with Crippen molar-refractivity contribution in [2.75, 3.05) is 0 Å². The van der Waals surface area contributed by atoms with Gasteiger partial charge in [-0.05, 0) is 10.8 Å². The van der Waals surface area contributed by atoms with Crippen molar-refractivity contribution >= 4 is 28.0 Å². The molecule has 0 aliphatic rings. The highest BCUT2D eigenvalue weighted by Crippen LogP contribution is 2.17. The molecular formula is C11H9NS. The van der Waals surface area contributed by atoms with Crippen molar-refractivity contribution in [1.29, 1.82) is 0 Å². The van der Waals surface area contributed by atoms with Gasteiger partial charge in [0.1, 0.15) is 4.99 Å². The summed E-state index contributed by atoms with van der Waals surface area (Å²) in [5.41, 5.74) is 6.56. The molecule has 2 rings (SSSR count). The molecular weight excluding hydrogens is 178 g/mol. The molecule has 64 valence electrons. The first kappa shape index (κ1) is 8.20. The quantitative estimate of drug-likeness (QED) is 0.694. The Bertz CT molecular complexity index is 457. The molecule has 1 nitrogen and oxygen atoms in total. The lowest BCUT2D eigenvalue weighted by molar-refractivity contribution is 1.67. The van der Waals surface area contributed by atoms with Crippen LogP contribution in [0, 0.1) is 0 Å². The maximum absolute atomic E-state index is 5.61. The molecule has 13 heavy (non-hydrogen) atoms. The monoisotopic (exact) mass is 187 g/mol. The van der Waals surface area contributed by atoms with Crippen LogP contribution in [-0.4, -0.2) is 4.99 Å². The van der Waals surface area contributed by atoms with Gasteiger partial charge in [-0.15, -0.1) is 0 Å². The summed E-state index contributed by atoms with van der Waals surface area (Å²) in [6.45, 7) is 0. The number of rotatable bonds is 1. The maximum atomic E-state index is 5.61. The van der Waals surface area contributed by atoms with E-state index in [2.05, 4.69) is 12.1 Å². The van der Waals surface area contributed by atoms with E-state index in [1.54, 1.807) is 0 Å². The fraction of sp³-hybridized carbons (Fsp3) is 0. The largest absolute Gasteiger partial charge is 0.389 e. The van der Waals surface area contributed by atoms with Crippen LogP contribution in [0.3, 0.4) is 0 Å². The Hall–Kier alpha value is -1.41. The Kier molecular flexibility index (Phi) is 1.99. The van der Waals surface area contributed by atoms with E-state index >= 15 is 0 Å². The van der Waals surface area contributed by atoms with Gasteiger partial charge in [0.05, 0.1) is 0 Å². The Morgan fingerprint density at radius 1 is 1.00 bits per heavy atom. The van der Waals surface area contributed by atoms with E-state index in [1.807, 2.05) is 30.3 Å². The van der Waals surface area contributed by atoms with Crippen LogP contribution in [0.15, 0.2) is 42.5 Å². The summed E-state index contributed by atoms with van der Waals surface area (Å²) in [7, 11) is 0. The van der Waals surface area contributed by atoms with Crippen molar-refractivity contribution in [2.45, 2.75) is 0 Å². The van der Waals surface area contributed by atoms with Gasteiger partial charge in [0, 0.05) is 5.56 Å². The summed E-state index contributed by atoms with van der Waals surface area (Å²) >= 11 is 4.97. The van der Waals surface area contributed by atoms with Crippen LogP contribution < -0.4 is 5.73 Å². The molecule has 2 N–H and O–H groups in total. The van der Waals surface area contributed by atoms with Gasteiger partial charge < -0.3 is 5.73 Å². The van der Waals surface area contributed by atoms with Crippen molar-refractivity contribution in [1.82, 2.24) is 0 Å². The van der Waals surface area contributed by atoms with Crippen molar-refractivity contribution in [2.24, 2.45) is 5.73 Å². The first-order valence-electron chi connectivity index (χ1n) is 4.06. The van der Waals surface area contributed by atoms with Crippen LogP contribution in [0.25, 0.3) is 10.8 Å². The first-order valence-corrected chi connectivity index (χ1v) is 4.47. The zero-order chi connectivity index (χ0) is 9.26. The third-order valence-electron chi connectivity index (χ3n) is 2.06. The molecule has 2 heteroatoms. The van der Waals surface area contributed by atoms with Gasteiger partial charge in [0.25, 0.3) is 0 Å². The van der Waals surface area contributed by atoms with Crippen LogP contribution in [0.1, 0.15) is 5.56 Å². The van der Waals surface area contributed by atoms with Crippen molar-refractivity contribution < 1.29 is 0 Å². The van der Waals surface area contributed by atoms with Gasteiger partial charge >= 0.3 is 0 Å². The summed E-state index contributed by atoms with van der Waals surface area (Å²) in [6, 6.07) is 14.1. The number of hydrogen-bond acceptors (Lipinski definition) is 1. The molecule has 0 atom stereocenters. The number of hydrogen-bond donors (Lipinski definition) is 1. The van der Waals surface area contributed by atoms with E-state index in [-0.39, 0.29) is 0 Å². The predicted octanol–water partition coefficient (Wildman–Crippen LogP) is 2.47. The van der Waals surface area contributed by atoms with E-state index in [0.717, 1.165) is 10.9 Å².